The van der Waals surface area contributed by atoms with Crippen LogP contribution in [0.1, 0.15) is 124 Å². The summed E-state index contributed by atoms with van der Waals surface area (Å²) in [5.41, 5.74) is 4.10. The third kappa shape index (κ3) is 45.2. The number of carboxylic acid groups (broad SMARTS) is 1. The monoisotopic (exact) mass is 582 g/mol. The van der Waals surface area contributed by atoms with E-state index < -0.39 is 29.4 Å². The number of hydrogen-bond donors (Lipinski definition) is 5. The highest BCUT2D eigenvalue weighted by Crippen LogP contribution is 2.18. The zero-order valence-electron chi connectivity index (χ0n) is 27.3. The number of nitrogens with one attached hydrogen (secondary N) is 2. The fourth-order valence-corrected chi connectivity index (χ4v) is 2.03. The summed E-state index contributed by atoms with van der Waals surface area (Å²) in [4.78, 5) is 41.6. The molecule has 0 radical (unpaired) electrons. The van der Waals surface area contributed by atoms with Crippen molar-refractivity contribution in [1.82, 2.24) is 10.9 Å². The van der Waals surface area contributed by atoms with Gasteiger partial charge >= 0.3 is 12.2 Å². The van der Waals surface area contributed by atoms with Crippen molar-refractivity contribution in [2.75, 3.05) is 7.11 Å². The number of aliphatic hydroxyl groups is 1. The van der Waals surface area contributed by atoms with Gasteiger partial charge in [0.15, 0.2) is 0 Å². The third-order valence-electron chi connectivity index (χ3n) is 3.56. The van der Waals surface area contributed by atoms with Gasteiger partial charge in [-0.05, 0) is 48.0 Å². The largest absolute Gasteiger partial charge is 0.481 e. The number of ether oxygens (including phenoxy) is 2. The smallest absolute Gasteiger partial charge is 0.428 e. The second kappa shape index (κ2) is 24.1. The molecular formula is C28H62N4O8. The molecule has 12 heteroatoms. The predicted octanol–water partition coefficient (Wildman–Crippen LogP) is 6.06. The molecule has 0 atom stereocenters. The van der Waals surface area contributed by atoms with Crippen molar-refractivity contribution < 1.29 is 38.9 Å². The fourth-order valence-electron chi connectivity index (χ4n) is 2.03. The summed E-state index contributed by atoms with van der Waals surface area (Å²) in [6.45, 7) is 27.8. The zero-order chi connectivity index (χ0) is 32.8. The summed E-state index contributed by atoms with van der Waals surface area (Å²) < 4.78 is 9.80. The van der Waals surface area contributed by atoms with Crippen molar-refractivity contribution in [3.8, 4) is 0 Å². The van der Waals surface area contributed by atoms with Crippen LogP contribution in [-0.2, 0) is 19.1 Å². The van der Waals surface area contributed by atoms with Crippen LogP contribution in [0.3, 0.4) is 0 Å². The number of ketones is 1. The molecule has 0 aliphatic heterocycles. The second-order valence-electron chi connectivity index (χ2n) is 12.0. The van der Waals surface area contributed by atoms with Crippen LogP contribution in [-0.4, -0.2) is 58.2 Å². The van der Waals surface area contributed by atoms with E-state index in [1.54, 1.807) is 20.8 Å². The third-order valence-corrected chi connectivity index (χ3v) is 3.56. The molecule has 0 heterocycles. The Morgan fingerprint density at radius 2 is 1.05 bits per heavy atom. The number of hydrogen-bond acceptors (Lipinski definition) is 9. The molecule has 0 fully saturated rings. The van der Waals surface area contributed by atoms with Crippen LogP contribution in [0.4, 0.5) is 9.59 Å². The number of hydrazone groups is 1. The van der Waals surface area contributed by atoms with E-state index in [9.17, 15) is 14.4 Å². The highest BCUT2D eigenvalue weighted by Gasteiger charge is 2.20. The standard InChI is InChI=1S/C12H24N2O2.C7H14O.C5H12N2O2.C2H4O2.CH4O.CH4/c1-8-9(11(2,3)4)13-14-10(15)16-12(5,6)7;1-5-6(8)7(2,3)4;1-5(2,3)9-4(8)7-6;1-2(3)4;1-2;/h8H2,1-7H3,(H,14,15);5H2,1-4H3;6H2,1-3H3,(H,7,8);1H3,(H,3,4);2H,1H3;1H4/b13-9+;;;;;. The van der Waals surface area contributed by atoms with Crippen molar-refractivity contribution in [2.45, 2.75) is 135 Å². The number of carbonyl (C=O) groups excluding carboxylic acids is 3. The van der Waals surface area contributed by atoms with Crippen molar-refractivity contribution in [1.29, 1.82) is 0 Å². The Morgan fingerprint density at radius 3 is 1.20 bits per heavy atom. The van der Waals surface area contributed by atoms with Gasteiger partial charge in [-0.3, -0.25) is 15.0 Å². The molecule has 0 aliphatic carbocycles. The molecule has 0 rings (SSSR count). The van der Waals surface area contributed by atoms with Gasteiger partial charge in [0.1, 0.15) is 17.0 Å². The maximum atomic E-state index is 11.4. The van der Waals surface area contributed by atoms with E-state index in [4.69, 9.17) is 30.3 Å². The van der Waals surface area contributed by atoms with Gasteiger partial charge in [-0.25, -0.2) is 20.9 Å². The average Bonchev–Trinajstić information content (AvgIpc) is 2.71. The van der Waals surface area contributed by atoms with Gasteiger partial charge in [-0.2, -0.15) is 5.10 Å². The average molecular weight is 583 g/mol. The first-order valence-electron chi connectivity index (χ1n) is 12.7. The molecule has 12 nitrogen and oxygen atoms in total. The summed E-state index contributed by atoms with van der Waals surface area (Å²) in [7, 11) is 1.00. The Labute approximate surface area is 243 Å². The summed E-state index contributed by atoms with van der Waals surface area (Å²) in [5, 5.41) is 18.5. The lowest BCUT2D eigenvalue weighted by Crippen LogP contribution is -2.36. The first-order chi connectivity index (χ1) is 17.2. The topological polar surface area (TPSA) is 190 Å². The van der Waals surface area contributed by atoms with Gasteiger partial charge in [0.2, 0.25) is 0 Å². The Kier molecular flexibility index (Phi) is 30.2. The molecular weight excluding hydrogens is 520 g/mol. The summed E-state index contributed by atoms with van der Waals surface area (Å²) in [5.74, 6) is 4.25. The van der Waals surface area contributed by atoms with E-state index >= 15 is 0 Å². The molecule has 2 amide bonds. The molecule has 242 valence electrons. The minimum Gasteiger partial charge on any atom is -0.481 e. The maximum absolute atomic E-state index is 11.4. The SMILES string of the molecule is C.CC(=O)O.CC(C)(C)OC(=O)NN.CC/C(=N\NC(=O)OC(C)(C)C)C(C)(C)C.CCC(=O)C(C)(C)C.CO. The van der Waals surface area contributed by atoms with Gasteiger partial charge in [0, 0.05) is 37.0 Å². The Balaban J connectivity index is -0.000000103. The molecule has 0 saturated carbocycles. The second-order valence-corrected chi connectivity index (χ2v) is 12.0. The predicted molar refractivity (Wildman–Crippen MR) is 163 cm³/mol. The van der Waals surface area contributed by atoms with E-state index in [0.717, 1.165) is 26.2 Å². The number of hydrazine groups is 1. The molecule has 40 heavy (non-hydrogen) atoms. The van der Waals surface area contributed by atoms with E-state index in [0.29, 0.717) is 12.2 Å². The minimum atomic E-state index is -0.833. The van der Waals surface area contributed by atoms with E-state index in [1.807, 2.05) is 60.8 Å². The van der Waals surface area contributed by atoms with Crippen LogP contribution in [0.25, 0.3) is 0 Å². The lowest BCUT2D eigenvalue weighted by atomic mass is 9.88. The normalized spacial score (nSPS) is 10.9. The first-order valence-corrected chi connectivity index (χ1v) is 12.7. The number of rotatable bonds is 3. The summed E-state index contributed by atoms with van der Waals surface area (Å²) in [6.07, 6.45) is 0.341. The zero-order valence-corrected chi connectivity index (χ0v) is 27.3. The number of nitrogens with two attached hydrogens (primary N) is 1. The maximum Gasteiger partial charge on any atom is 0.428 e. The lowest BCUT2D eigenvalue weighted by Gasteiger charge is -2.21. The van der Waals surface area contributed by atoms with Crippen LogP contribution in [0.5, 0.6) is 0 Å². The first kappa shape index (κ1) is 50.1. The molecule has 6 N–H and O–H groups in total. The molecule has 0 spiro atoms. The van der Waals surface area contributed by atoms with Crippen molar-refractivity contribution in [3.05, 3.63) is 0 Å². The molecule has 0 unspecified atom stereocenters. The van der Waals surface area contributed by atoms with Crippen LogP contribution >= 0.6 is 0 Å². The number of aliphatic carboxylic acids is 1. The van der Waals surface area contributed by atoms with Gasteiger partial charge < -0.3 is 19.7 Å². The summed E-state index contributed by atoms with van der Waals surface area (Å²) >= 11 is 0. The molecule has 0 aromatic heterocycles. The van der Waals surface area contributed by atoms with E-state index in [2.05, 4.69) is 31.3 Å². The molecule has 0 aromatic rings. The van der Waals surface area contributed by atoms with Crippen molar-refractivity contribution in [2.24, 2.45) is 21.8 Å². The van der Waals surface area contributed by atoms with Crippen LogP contribution in [0, 0.1) is 10.8 Å². The summed E-state index contributed by atoms with van der Waals surface area (Å²) in [6, 6.07) is 0. The minimum absolute atomic E-state index is 0. The number of aliphatic hydroxyl groups excluding tert-OH is 1. The highest BCUT2D eigenvalue weighted by atomic mass is 16.6. The fraction of sp³-hybridized carbons (Fsp3) is 0.821. The number of carbonyl (C=O) groups is 4. The number of Topliss-reactive ketones (excluding diaryl/α,β-unsaturated/α-hetero) is 1. The molecule has 0 aliphatic rings. The number of carboxylic acids is 1. The Hall–Kier alpha value is -2.73. The highest BCUT2D eigenvalue weighted by molar-refractivity contribution is 5.89. The van der Waals surface area contributed by atoms with Crippen molar-refractivity contribution >= 4 is 29.7 Å². The van der Waals surface area contributed by atoms with Crippen LogP contribution < -0.4 is 16.7 Å². The van der Waals surface area contributed by atoms with Crippen LogP contribution in [0.15, 0.2) is 5.10 Å². The van der Waals surface area contributed by atoms with Crippen molar-refractivity contribution in [3.63, 3.8) is 0 Å². The van der Waals surface area contributed by atoms with Gasteiger partial charge in [0.25, 0.3) is 5.97 Å². The molecule has 0 saturated heterocycles. The van der Waals surface area contributed by atoms with Gasteiger partial charge in [-0.15, -0.1) is 0 Å². The van der Waals surface area contributed by atoms with E-state index in [1.165, 1.54) is 0 Å². The number of amides is 2. The van der Waals surface area contributed by atoms with E-state index in [-0.39, 0.29) is 18.3 Å². The Morgan fingerprint density at radius 1 is 0.725 bits per heavy atom. The van der Waals surface area contributed by atoms with Gasteiger partial charge in [0.05, 0.1) is 0 Å². The molecule has 0 aromatic carbocycles. The lowest BCUT2D eigenvalue weighted by molar-refractivity contribution is -0.134. The number of nitrogens with zero attached hydrogens (tertiary/aromatic N) is 1. The van der Waals surface area contributed by atoms with Crippen LogP contribution in [0.2, 0.25) is 0 Å². The Bertz CT molecular complexity index is 721. The quantitative estimate of drug-likeness (QED) is 0.114. The molecule has 0 bridgehead atoms. The van der Waals surface area contributed by atoms with Gasteiger partial charge in [-0.1, -0.05) is 62.8 Å².